The summed E-state index contributed by atoms with van der Waals surface area (Å²) >= 11 is 0. The minimum Gasteiger partial charge on any atom is -0.493 e. The molecule has 1 unspecified atom stereocenters. The molecule has 0 spiro atoms. The van der Waals surface area contributed by atoms with Crippen LogP contribution < -0.4 is 20.1 Å². The molecule has 0 bridgehead atoms. The second-order valence-electron chi connectivity index (χ2n) is 6.54. The fourth-order valence-electron chi connectivity index (χ4n) is 3.17. The number of nitrogens with zero attached hydrogens (tertiary/aromatic N) is 2. The van der Waals surface area contributed by atoms with Crippen LogP contribution in [0.1, 0.15) is 25.3 Å². The molecule has 2 rings (SSSR count). The minimum atomic E-state index is 0. The van der Waals surface area contributed by atoms with Crippen molar-refractivity contribution in [2.24, 2.45) is 10.9 Å². The van der Waals surface area contributed by atoms with E-state index in [1.807, 2.05) is 18.2 Å². The molecule has 1 aliphatic heterocycles. The van der Waals surface area contributed by atoms with Gasteiger partial charge in [0.25, 0.3) is 0 Å². The lowest BCUT2D eigenvalue weighted by molar-refractivity contribution is 0.210. The van der Waals surface area contributed by atoms with E-state index in [9.17, 15) is 0 Å². The van der Waals surface area contributed by atoms with Gasteiger partial charge in [-0.1, -0.05) is 6.07 Å². The van der Waals surface area contributed by atoms with Gasteiger partial charge in [-0.2, -0.15) is 0 Å². The summed E-state index contributed by atoms with van der Waals surface area (Å²) in [6.07, 6.45) is 2.56. The highest BCUT2D eigenvalue weighted by molar-refractivity contribution is 14.0. The van der Waals surface area contributed by atoms with Crippen molar-refractivity contribution in [1.29, 1.82) is 0 Å². The summed E-state index contributed by atoms with van der Waals surface area (Å²) in [4.78, 5) is 7.11. The van der Waals surface area contributed by atoms with E-state index in [0.717, 1.165) is 42.7 Å². The molecule has 1 saturated heterocycles. The SMILES string of the molecule is CCNC(=NCc1ccc(OC)c(OC)c1)NCC1CCCN(C)C1.I. The number of aliphatic imine (C=N–C) groups is 1. The maximum atomic E-state index is 5.36. The van der Waals surface area contributed by atoms with E-state index in [2.05, 4.69) is 29.5 Å². The van der Waals surface area contributed by atoms with Gasteiger partial charge in [0.2, 0.25) is 0 Å². The molecule has 1 aromatic carbocycles. The molecule has 1 aromatic rings. The zero-order chi connectivity index (χ0) is 18.1. The molecule has 7 heteroatoms. The number of piperidine rings is 1. The van der Waals surface area contributed by atoms with Crippen LogP contribution >= 0.6 is 24.0 Å². The van der Waals surface area contributed by atoms with Crippen LogP contribution in [0.5, 0.6) is 11.5 Å². The molecule has 1 fully saturated rings. The summed E-state index contributed by atoms with van der Waals surface area (Å²) in [5, 5.41) is 6.81. The average molecular weight is 476 g/mol. The Bertz CT molecular complexity index is 568. The van der Waals surface area contributed by atoms with Gasteiger partial charge in [0.1, 0.15) is 0 Å². The number of ether oxygens (including phenoxy) is 2. The molecule has 1 atom stereocenters. The second-order valence-corrected chi connectivity index (χ2v) is 6.54. The van der Waals surface area contributed by atoms with E-state index in [0.29, 0.717) is 12.5 Å². The highest BCUT2D eigenvalue weighted by atomic mass is 127. The molecule has 6 nitrogen and oxygen atoms in total. The zero-order valence-corrected chi connectivity index (χ0v) is 18.7. The Kier molecular flexibility index (Phi) is 10.7. The number of likely N-dealkylation sites (tertiary alicyclic amines) is 1. The first-order chi connectivity index (χ1) is 12.2. The molecule has 1 aliphatic rings. The molecular formula is C19H33IN4O2. The highest BCUT2D eigenvalue weighted by Crippen LogP contribution is 2.27. The normalized spacial score (nSPS) is 18.0. The van der Waals surface area contributed by atoms with E-state index in [4.69, 9.17) is 14.5 Å². The van der Waals surface area contributed by atoms with Gasteiger partial charge < -0.3 is 25.0 Å². The molecule has 2 N–H and O–H groups in total. The topological polar surface area (TPSA) is 58.1 Å². The van der Waals surface area contributed by atoms with Crippen molar-refractivity contribution in [3.05, 3.63) is 23.8 Å². The van der Waals surface area contributed by atoms with Crippen LogP contribution in [0.3, 0.4) is 0 Å². The molecule has 0 aliphatic carbocycles. The lowest BCUT2D eigenvalue weighted by atomic mass is 9.99. The van der Waals surface area contributed by atoms with Gasteiger partial charge in [-0.25, -0.2) is 4.99 Å². The van der Waals surface area contributed by atoms with Gasteiger partial charge in [-0.3, -0.25) is 0 Å². The summed E-state index contributed by atoms with van der Waals surface area (Å²) in [6.45, 7) is 6.86. The first-order valence-electron chi connectivity index (χ1n) is 9.07. The Balaban J connectivity index is 0.00000338. The van der Waals surface area contributed by atoms with Crippen molar-refractivity contribution in [2.75, 3.05) is 47.4 Å². The number of hydrogen-bond donors (Lipinski definition) is 2. The van der Waals surface area contributed by atoms with E-state index in [-0.39, 0.29) is 24.0 Å². The predicted molar refractivity (Wildman–Crippen MR) is 118 cm³/mol. The Hall–Kier alpha value is -1.22. The molecular weight excluding hydrogens is 443 g/mol. The van der Waals surface area contributed by atoms with Crippen LogP contribution in [-0.2, 0) is 6.54 Å². The molecule has 148 valence electrons. The third-order valence-corrected chi connectivity index (χ3v) is 4.49. The van der Waals surface area contributed by atoms with Crippen molar-refractivity contribution >= 4 is 29.9 Å². The number of nitrogens with one attached hydrogen (secondary N) is 2. The van der Waals surface area contributed by atoms with Crippen molar-refractivity contribution in [3.8, 4) is 11.5 Å². The fraction of sp³-hybridized carbons (Fsp3) is 0.632. The van der Waals surface area contributed by atoms with Crippen LogP contribution in [0.15, 0.2) is 23.2 Å². The number of methoxy groups -OCH3 is 2. The summed E-state index contributed by atoms with van der Waals surface area (Å²) in [7, 11) is 5.49. The number of guanidine groups is 1. The molecule has 0 radical (unpaired) electrons. The first-order valence-corrected chi connectivity index (χ1v) is 9.07. The van der Waals surface area contributed by atoms with Gasteiger partial charge in [-0.15, -0.1) is 24.0 Å². The summed E-state index contributed by atoms with van der Waals surface area (Å²) in [5.41, 5.74) is 1.09. The largest absolute Gasteiger partial charge is 0.493 e. The van der Waals surface area contributed by atoms with Crippen molar-refractivity contribution in [3.63, 3.8) is 0 Å². The lowest BCUT2D eigenvalue weighted by Gasteiger charge is -2.30. The molecule has 0 aromatic heterocycles. The third-order valence-electron chi connectivity index (χ3n) is 4.49. The van der Waals surface area contributed by atoms with E-state index >= 15 is 0 Å². The predicted octanol–water partition coefficient (Wildman–Crippen LogP) is 2.72. The maximum Gasteiger partial charge on any atom is 0.191 e. The summed E-state index contributed by atoms with van der Waals surface area (Å²) < 4.78 is 10.6. The minimum absolute atomic E-state index is 0. The second kappa shape index (κ2) is 12.2. The standard InChI is InChI=1S/C19H32N4O2.HI/c1-5-20-19(22-13-16-7-6-10-23(2)14-16)21-12-15-8-9-17(24-3)18(11-15)25-4;/h8-9,11,16H,5-7,10,12-14H2,1-4H3,(H2,20,21,22);1H. The van der Waals surface area contributed by atoms with Gasteiger partial charge in [0, 0.05) is 19.6 Å². The monoisotopic (exact) mass is 476 g/mol. The summed E-state index contributed by atoms with van der Waals surface area (Å²) in [5.74, 6) is 3.02. The maximum absolute atomic E-state index is 5.36. The Morgan fingerprint density at radius 2 is 2.00 bits per heavy atom. The number of halogens is 1. The van der Waals surface area contributed by atoms with Crippen LogP contribution in [-0.4, -0.2) is 58.3 Å². The van der Waals surface area contributed by atoms with Crippen LogP contribution in [0.2, 0.25) is 0 Å². The zero-order valence-electron chi connectivity index (χ0n) is 16.4. The van der Waals surface area contributed by atoms with Gasteiger partial charge in [0.15, 0.2) is 17.5 Å². The smallest absolute Gasteiger partial charge is 0.191 e. The Labute approximate surface area is 174 Å². The first kappa shape index (κ1) is 22.8. The van der Waals surface area contributed by atoms with Crippen LogP contribution in [0.25, 0.3) is 0 Å². The van der Waals surface area contributed by atoms with Crippen molar-refractivity contribution in [1.82, 2.24) is 15.5 Å². The van der Waals surface area contributed by atoms with Gasteiger partial charge in [-0.05, 0) is 57.0 Å². The Morgan fingerprint density at radius 1 is 1.23 bits per heavy atom. The van der Waals surface area contributed by atoms with E-state index in [1.165, 1.54) is 19.4 Å². The van der Waals surface area contributed by atoms with Gasteiger partial charge >= 0.3 is 0 Å². The third kappa shape index (κ3) is 7.19. The molecule has 26 heavy (non-hydrogen) atoms. The van der Waals surface area contributed by atoms with Crippen LogP contribution in [0.4, 0.5) is 0 Å². The van der Waals surface area contributed by atoms with Crippen LogP contribution in [0, 0.1) is 5.92 Å². The van der Waals surface area contributed by atoms with E-state index < -0.39 is 0 Å². The van der Waals surface area contributed by atoms with E-state index in [1.54, 1.807) is 14.2 Å². The number of hydrogen-bond acceptors (Lipinski definition) is 4. The average Bonchev–Trinajstić information content (AvgIpc) is 2.63. The lowest BCUT2D eigenvalue weighted by Crippen LogP contribution is -2.43. The quantitative estimate of drug-likeness (QED) is 0.360. The van der Waals surface area contributed by atoms with Gasteiger partial charge in [0.05, 0.1) is 20.8 Å². The molecule has 0 saturated carbocycles. The highest BCUT2D eigenvalue weighted by Gasteiger charge is 2.17. The Morgan fingerprint density at radius 3 is 2.65 bits per heavy atom. The fourth-order valence-corrected chi connectivity index (χ4v) is 3.17. The van der Waals surface area contributed by atoms with Crippen molar-refractivity contribution in [2.45, 2.75) is 26.3 Å². The number of benzene rings is 1. The summed E-state index contributed by atoms with van der Waals surface area (Å²) in [6, 6.07) is 5.91. The van der Waals surface area contributed by atoms with Crippen molar-refractivity contribution < 1.29 is 9.47 Å². The number of rotatable bonds is 7. The molecule has 1 heterocycles. The molecule has 0 amide bonds.